The molecule has 2 aromatic rings. The molecule has 3 N–H and O–H groups in total. The van der Waals surface area contributed by atoms with Crippen molar-refractivity contribution in [1.29, 1.82) is 0 Å². The fourth-order valence-electron chi connectivity index (χ4n) is 2.06. The number of rotatable bonds is 6. The van der Waals surface area contributed by atoms with Crippen LogP contribution in [0.3, 0.4) is 0 Å². The number of thioether (sulfide) groups is 1. The molecular weight excluding hydrogens is 381 g/mol. The number of hydrogen-bond acceptors (Lipinski definition) is 5. The van der Waals surface area contributed by atoms with Gasteiger partial charge in [-0.1, -0.05) is 11.8 Å². The largest absolute Gasteiger partial charge is 0.405 e. The molecule has 0 aliphatic heterocycles. The van der Waals surface area contributed by atoms with Crippen molar-refractivity contribution >= 4 is 38.7 Å². The molecule has 12 heteroatoms. The molecule has 0 saturated carbocycles. The van der Waals surface area contributed by atoms with E-state index in [0.717, 1.165) is 11.8 Å². The van der Waals surface area contributed by atoms with Crippen molar-refractivity contribution in [2.75, 3.05) is 12.3 Å². The number of aromatic nitrogens is 2. The van der Waals surface area contributed by atoms with Crippen LogP contribution in [0.25, 0.3) is 11.0 Å². The molecule has 0 saturated heterocycles. The summed E-state index contributed by atoms with van der Waals surface area (Å²) in [5.41, 5.74) is 1.000. The summed E-state index contributed by atoms with van der Waals surface area (Å²) in [7, 11) is -3.88. The molecule has 0 radical (unpaired) electrons. The Morgan fingerprint density at radius 3 is 2.64 bits per heavy atom. The summed E-state index contributed by atoms with van der Waals surface area (Å²) in [6.45, 7) is 0.911. The van der Waals surface area contributed by atoms with Gasteiger partial charge in [-0.05, 0) is 25.1 Å². The molecule has 0 bridgehead atoms. The average Bonchev–Trinajstić information content (AvgIpc) is 2.85. The van der Waals surface area contributed by atoms with E-state index in [4.69, 9.17) is 5.14 Å². The highest BCUT2D eigenvalue weighted by molar-refractivity contribution is 7.99. The van der Waals surface area contributed by atoms with Crippen LogP contribution in [0.2, 0.25) is 0 Å². The standard InChI is InChI=1S/C13H15F3N4O3S2/c1-2-20-10-4-3-8(25(17,22)23)5-9(10)19-12(20)24-6-11(21)18-7-13(14,15)16/h3-5H,2,6-7H2,1H3,(H,18,21)(H2,17,22,23). The summed E-state index contributed by atoms with van der Waals surface area (Å²) >= 11 is 0.961. The van der Waals surface area contributed by atoms with E-state index in [0.29, 0.717) is 22.7 Å². The number of carbonyl (C=O) groups excluding carboxylic acids is 1. The number of aryl methyl sites for hydroxylation is 1. The van der Waals surface area contributed by atoms with Gasteiger partial charge in [0.15, 0.2) is 5.16 Å². The molecule has 1 aromatic carbocycles. The van der Waals surface area contributed by atoms with Crippen molar-refractivity contribution in [2.45, 2.75) is 29.7 Å². The first-order valence-electron chi connectivity index (χ1n) is 7.00. The summed E-state index contributed by atoms with van der Waals surface area (Å²) < 4.78 is 60.7. The summed E-state index contributed by atoms with van der Waals surface area (Å²) in [5, 5.41) is 7.25. The number of carbonyl (C=O) groups is 1. The van der Waals surface area contributed by atoms with Crippen molar-refractivity contribution in [3.63, 3.8) is 0 Å². The summed E-state index contributed by atoms with van der Waals surface area (Å²) in [6, 6.07) is 4.19. The molecule has 138 valence electrons. The smallest absolute Gasteiger partial charge is 0.346 e. The van der Waals surface area contributed by atoms with Crippen molar-refractivity contribution in [3.05, 3.63) is 18.2 Å². The lowest BCUT2D eigenvalue weighted by molar-refractivity contribution is -0.136. The molecule has 0 aliphatic rings. The molecule has 0 unspecified atom stereocenters. The molecule has 0 spiro atoms. The number of benzene rings is 1. The maximum Gasteiger partial charge on any atom is 0.405 e. The Hall–Kier alpha value is -1.79. The van der Waals surface area contributed by atoms with Gasteiger partial charge in [0, 0.05) is 6.54 Å². The minimum Gasteiger partial charge on any atom is -0.346 e. The molecule has 0 aliphatic carbocycles. The predicted octanol–water partition coefficient (Wildman–Crippen LogP) is 1.47. The second kappa shape index (κ2) is 7.22. The normalized spacial score (nSPS) is 12.5. The minimum absolute atomic E-state index is 0.0970. The summed E-state index contributed by atoms with van der Waals surface area (Å²) in [4.78, 5) is 15.6. The first-order valence-corrected chi connectivity index (χ1v) is 9.54. The second-order valence-electron chi connectivity index (χ2n) is 5.01. The SMILES string of the molecule is CCn1c(SCC(=O)NCC(F)(F)F)nc2cc(S(N)(=O)=O)ccc21. The maximum atomic E-state index is 12.1. The van der Waals surface area contributed by atoms with Gasteiger partial charge in [0.05, 0.1) is 21.7 Å². The predicted molar refractivity (Wildman–Crippen MR) is 86.6 cm³/mol. The van der Waals surface area contributed by atoms with Crippen LogP contribution in [0.4, 0.5) is 13.2 Å². The lowest BCUT2D eigenvalue weighted by Crippen LogP contribution is -2.34. The Bertz CT molecular complexity index is 894. The van der Waals surface area contributed by atoms with Crippen LogP contribution in [-0.2, 0) is 21.4 Å². The molecule has 2 rings (SSSR count). The van der Waals surface area contributed by atoms with Crippen LogP contribution in [0.5, 0.6) is 0 Å². The van der Waals surface area contributed by atoms with Gasteiger partial charge < -0.3 is 9.88 Å². The van der Waals surface area contributed by atoms with E-state index in [-0.39, 0.29) is 10.6 Å². The third kappa shape index (κ3) is 5.09. The van der Waals surface area contributed by atoms with Crippen LogP contribution in [0.15, 0.2) is 28.3 Å². The van der Waals surface area contributed by atoms with Gasteiger partial charge in [-0.15, -0.1) is 0 Å². The van der Waals surface area contributed by atoms with E-state index in [9.17, 15) is 26.4 Å². The van der Waals surface area contributed by atoms with Gasteiger partial charge in [0.25, 0.3) is 0 Å². The highest BCUT2D eigenvalue weighted by Crippen LogP contribution is 2.26. The van der Waals surface area contributed by atoms with Crippen LogP contribution >= 0.6 is 11.8 Å². The number of fused-ring (bicyclic) bond motifs is 1. The Labute approximate surface area is 145 Å². The summed E-state index contributed by atoms with van der Waals surface area (Å²) in [6.07, 6.45) is -4.47. The molecular formula is C13H15F3N4O3S2. The van der Waals surface area contributed by atoms with Gasteiger partial charge in [0.1, 0.15) is 6.54 Å². The first kappa shape index (κ1) is 19.5. The van der Waals surface area contributed by atoms with Crippen molar-refractivity contribution in [2.24, 2.45) is 5.14 Å². The fourth-order valence-corrected chi connectivity index (χ4v) is 3.50. The molecule has 1 aromatic heterocycles. The second-order valence-corrected chi connectivity index (χ2v) is 7.52. The Kier molecular flexibility index (Phi) is 5.64. The fraction of sp³-hybridized carbons (Fsp3) is 0.385. The third-order valence-electron chi connectivity index (χ3n) is 3.15. The average molecular weight is 396 g/mol. The number of nitrogens with two attached hydrogens (primary N) is 1. The van der Waals surface area contributed by atoms with Gasteiger partial charge in [0.2, 0.25) is 15.9 Å². The zero-order chi connectivity index (χ0) is 18.8. The maximum absolute atomic E-state index is 12.1. The number of nitrogens with zero attached hydrogens (tertiary/aromatic N) is 2. The number of sulfonamides is 1. The van der Waals surface area contributed by atoms with Gasteiger partial charge in [-0.25, -0.2) is 18.5 Å². The Balaban J connectivity index is 2.19. The monoisotopic (exact) mass is 396 g/mol. The van der Waals surface area contributed by atoms with Crippen LogP contribution in [0.1, 0.15) is 6.92 Å². The quantitative estimate of drug-likeness (QED) is 0.719. The zero-order valence-corrected chi connectivity index (χ0v) is 14.6. The number of primary sulfonamides is 1. The molecule has 25 heavy (non-hydrogen) atoms. The highest BCUT2D eigenvalue weighted by Gasteiger charge is 2.27. The number of halogens is 3. The summed E-state index contributed by atoms with van der Waals surface area (Å²) in [5.74, 6) is -1.02. The number of imidazole rings is 1. The molecule has 0 atom stereocenters. The third-order valence-corrected chi connectivity index (χ3v) is 5.04. The van der Waals surface area contributed by atoms with Crippen LogP contribution in [-0.4, -0.2) is 42.3 Å². The molecule has 0 fully saturated rings. The van der Waals surface area contributed by atoms with E-state index in [2.05, 4.69) is 4.98 Å². The molecule has 1 amide bonds. The Morgan fingerprint density at radius 2 is 2.08 bits per heavy atom. The number of hydrogen-bond donors (Lipinski definition) is 2. The number of amides is 1. The van der Waals surface area contributed by atoms with Crippen molar-refractivity contribution in [3.8, 4) is 0 Å². The lowest BCUT2D eigenvalue weighted by Gasteiger charge is -2.08. The van der Waals surface area contributed by atoms with E-state index >= 15 is 0 Å². The van der Waals surface area contributed by atoms with E-state index < -0.39 is 28.7 Å². The molecule has 7 nitrogen and oxygen atoms in total. The van der Waals surface area contributed by atoms with Gasteiger partial charge in [-0.2, -0.15) is 13.2 Å². The van der Waals surface area contributed by atoms with E-state index in [1.54, 1.807) is 16.0 Å². The Morgan fingerprint density at radius 1 is 1.40 bits per heavy atom. The number of alkyl halides is 3. The first-order chi connectivity index (χ1) is 11.5. The van der Waals surface area contributed by atoms with Crippen molar-refractivity contribution in [1.82, 2.24) is 14.9 Å². The van der Waals surface area contributed by atoms with Crippen LogP contribution < -0.4 is 10.5 Å². The van der Waals surface area contributed by atoms with E-state index in [1.807, 2.05) is 6.92 Å². The lowest BCUT2D eigenvalue weighted by atomic mass is 10.3. The van der Waals surface area contributed by atoms with Gasteiger partial charge >= 0.3 is 6.18 Å². The zero-order valence-electron chi connectivity index (χ0n) is 13.0. The van der Waals surface area contributed by atoms with Crippen molar-refractivity contribution < 1.29 is 26.4 Å². The molecule has 1 heterocycles. The van der Waals surface area contributed by atoms with E-state index in [1.165, 1.54) is 12.1 Å². The highest BCUT2D eigenvalue weighted by atomic mass is 32.2. The topological polar surface area (TPSA) is 107 Å². The number of nitrogens with one attached hydrogen (secondary N) is 1. The minimum atomic E-state index is -4.47. The van der Waals surface area contributed by atoms with Gasteiger partial charge in [-0.3, -0.25) is 4.79 Å². The van der Waals surface area contributed by atoms with Crippen LogP contribution in [0, 0.1) is 0 Å².